The topological polar surface area (TPSA) is 60.7 Å². The zero-order valence-electron chi connectivity index (χ0n) is 21.3. The van der Waals surface area contributed by atoms with Gasteiger partial charge >= 0.3 is 0 Å². The van der Waals surface area contributed by atoms with E-state index in [1.54, 1.807) is 0 Å². The third kappa shape index (κ3) is 3.75. The van der Waals surface area contributed by atoms with E-state index in [1.165, 1.54) is 19.3 Å². The van der Waals surface area contributed by atoms with Crippen molar-refractivity contribution in [2.45, 2.75) is 105 Å². The molecule has 3 nitrogen and oxygen atoms in total. The summed E-state index contributed by atoms with van der Waals surface area (Å²) in [5.74, 6) is 3.70. The summed E-state index contributed by atoms with van der Waals surface area (Å²) in [5, 5.41) is 32.5. The molecule has 2 saturated carbocycles. The summed E-state index contributed by atoms with van der Waals surface area (Å²) in [6.07, 6.45) is 12.7. The molecule has 0 amide bonds. The quantitative estimate of drug-likeness (QED) is 0.489. The van der Waals surface area contributed by atoms with Crippen molar-refractivity contribution in [1.29, 1.82) is 0 Å². The van der Waals surface area contributed by atoms with Gasteiger partial charge in [-0.2, -0.15) is 0 Å². The molecule has 0 aromatic carbocycles. The molecule has 0 radical (unpaired) electrons. The summed E-state index contributed by atoms with van der Waals surface area (Å²) in [6, 6.07) is 0. The molecular formula is C29H48O3. The average Bonchev–Trinajstić information content (AvgIpc) is 3.09. The van der Waals surface area contributed by atoms with Gasteiger partial charge in [-0.1, -0.05) is 66.2 Å². The van der Waals surface area contributed by atoms with Crippen LogP contribution in [-0.4, -0.2) is 33.6 Å². The predicted molar refractivity (Wildman–Crippen MR) is 131 cm³/mol. The summed E-state index contributed by atoms with van der Waals surface area (Å²) < 4.78 is 0. The van der Waals surface area contributed by atoms with Gasteiger partial charge in [-0.25, -0.2) is 0 Å². The highest BCUT2D eigenvalue weighted by molar-refractivity contribution is 5.38. The summed E-state index contributed by atoms with van der Waals surface area (Å²) in [6.45, 7) is 13.9. The zero-order chi connectivity index (χ0) is 23.4. The maximum absolute atomic E-state index is 11.2. The van der Waals surface area contributed by atoms with Crippen molar-refractivity contribution in [3.8, 4) is 0 Å². The van der Waals surface area contributed by atoms with E-state index in [0.29, 0.717) is 47.8 Å². The van der Waals surface area contributed by atoms with Crippen molar-refractivity contribution in [1.82, 2.24) is 0 Å². The third-order valence-electron chi connectivity index (χ3n) is 11.1. The van der Waals surface area contributed by atoms with Gasteiger partial charge in [0, 0.05) is 11.8 Å². The summed E-state index contributed by atoms with van der Waals surface area (Å²) in [7, 11) is 0. The third-order valence-corrected chi connectivity index (χ3v) is 11.1. The molecule has 0 aromatic rings. The van der Waals surface area contributed by atoms with Crippen molar-refractivity contribution in [2.24, 2.45) is 52.3 Å². The van der Waals surface area contributed by atoms with Gasteiger partial charge in [0.15, 0.2) is 0 Å². The first-order valence-corrected chi connectivity index (χ1v) is 13.5. The molecule has 0 saturated heterocycles. The summed E-state index contributed by atoms with van der Waals surface area (Å²) in [4.78, 5) is 0. The SMILES string of the molecule is CC[C@H](C[C@@H](O)[C@@H](C)[C@H]1CCC2C3C=CC4=C[C@@H](O)C[C@H](O)[C@]4(C)C3CC[C@@]21C)C(C)C. The Hall–Kier alpha value is -0.640. The van der Waals surface area contributed by atoms with Crippen LogP contribution in [0.2, 0.25) is 0 Å². The van der Waals surface area contributed by atoms with Gasteiger partial charge in [0.05, 0.1) is 18.3 Å². The van der Waals surface area contributed by atoms with Gasteiger partial charge in [0.25, 0.3) is 0 Å². The number of rotatable bonds is 6. The van der Waals surface area contributed by atoms with E-state index in [-0.39, 0.29) is 16.9 Å². The lowest BCUT2D eigenvalue weighted by atomic mass is 9.47. The minimum Gasteiger partial charge on any atom is -0.393 e. The van der Waals surface area contributed by atoms with Gasteiger partial charge in [-0.05, 0) is 84.5 Å². The van der Waals surface area contributed by atoms with Crippen molar-refractivity contribution in [3.05, 3.63) is 23.8 Å². The van der Waals surface area contributed by atoms with Crippen molar-refractivity contribution in [2.75, 3.05) is 0 Å². The Labute approximate surface area is 196 Å². The summed E-state index contributed by atoms with van der Waals surface area (Å²) >= 11 is 0. The number of aliphatic hydroxyl groups is 3. The lowest BCUT2D eigenvalue weighted by Gasteiger charge is -2.58. The van der Waals surface area contributed by atoms with E-state index < -0.39 is 12.2 Å². The molecule has 0 heterocycles. The Balaban J connectivity index is 1.55. The fraction of sp³-hybridized carbons (Fsp3) is 0.862. The molecule has 182 valence electrons. The smallest absolute Gasteiger partial charge is 0.0751 e. The molecule has 0 aromatic heterocycles. The number of fused-ring (bicyclic) bond motifs is 5. The molecule has 3 heteroatoms. The van der Waals surface area contributed by atoms with Crippen LogP contribution in [0.3, 0.4) is 0 Å². The molecule has 3 unspecified atom stereocenters. The van der Waals surface area contributed by atoms with Crippen LogP contribution in [0, 0.1) is 52.3 Å². The maximum atomic E-state index is 11.2. The van der Waals surface area contributed by atoms with Crippen LogP contribution in [0.1, 0.15) is 86.5 Å². The first-order chi connectivity index (χ1) is 15.0. The Morgan fingerprint density at radius 1 is 1.06 bits per heavy atom. The molecule has 4 aliphatic carbocycles. The maximum Gasteiger partial charge on any atom is 0.0751 e. The van der Waals surface area contributed by atoms with Gasteiger partial charge in [0.2, 0.25) is 0 Å². The van der Waals surface area contributed by atoms with E-state index in [1.807, 2.05) is 6.08 Å². The minimum absolute atomic E-state index is 0.212. The van der Waals surface area contributed by atoms with Gasteiger partial charge in [0.1, 0.15) is 0 Å². The molecule has 32 heavy (non-hydrogen) atoms. The number of hydrogen-bond acceptors (Lipinski definition) is 3. The van der Waals surface area contributed by atoms with Crippen LogP contribution in [0.4, 0.5) is 0 Å². The van der Waals surface area contributed by atoms with Gasteiger partial charge in [-0.15, -0.1) is 0 Å². The minimum atomic E-state index is -0.529. The Bertz CT molecular complexity index is 741. The van der Waals surface area contributed by atoms with Crippen molar-refractivity contribution < 1.29 is 15.3 Å². The van der Waals surface area contributed by atoms with E-state index in [4.69, 9.17) is 0 Å². The molecule has 2 fully saturated rings. The largest absolute Gasteiger partial charge is 0.393 e. The average molecular weight is 445 g/mol. The molecule has 0 bridgehead atoms. The standard InChI is InChI=1S/C29H48O3/c1-7-19(17(2)3)14-26(31)18(4)23-10-11-24-22-9-8-20-15-21(30)16-27(32)29(20,6)25(22)12-13-28(23,24)5/h8-9,15,17-19,21-27,30-32H,7,10-14,16H2,1-6H3/t18-,19+,21+,22?,23+,24?,25?,26+,27-,28+,29-/m0/s1. The van der Waals surface area contributed by atoms with Gasteiger partial charge < -0.3 is 15.3 Å². The van der Waals surface area contributed by atoms with Crippen molar-refractivity contribution >= 4 is 0 Å². The van der Waals surface area contributed by atoms with Gasteiger partial charge in [-0.3, -0.25) is 0 Å². The number of hydrogen-bond donors (Lipinski definition) is 3. The highest BCUT2D eigenvalue weighted by Crippen LogP contribution is 2.66. The molecule has 0 spiro atoms. The van der Waals surface area contributed by atoms with E-state index in [9.17, 15) is 15.3 Å². The highest BCUT2D eigenvalue weighted by Gasteiger charge is 2.60. The fourth-order valence-electron chi connectivity index (χ4n) is 8.80. The Morgan fingerprint density at radius 2 is 1.78 bits per heavy atom. The number of allylic oxidation sites excluding steroid dienone is 2. The molecule has 0 aliphatic heterocycles. The second-order valence-corrected chi connectivity index (χ2v) is 12.7. The second-order valence-electron chi connectivity index (χ2n) is 12.7. The van der Waals surface area contributed by atoms with Crippen LogP contribution in [-0.2, 0) is 0 Å². The van der Waals surface area contributed by atoms with Crippen LogP contribution in [0.15, 0.2) is 23.8 Å². The van der Waals surface area contributed by atoms with E-state index >= 15 is 0 Å². The van der Waals surface area contributed by atoms with Crippen LogP contribution in [0.5, 0.6) is 0 Å². The lowest BCUT2D eigenvalue weighted by molar-refractivity contribution is -0.0864. The van der Waals surface area contributed by atoms with E-state index in [0.717, 1.165) is 24.8 Å². The van der Waals surface area contributed by atoms with E-state index in [2.05, 4.69) is 53.7 Å². The second kappa shape index (κ2) is 8.86. The molecular weight excluding hydrogens is 396 g/mol. The lowest BCUT2D eigenvalue weighted by Crippen LogP contribution is -2.54. The van der Waals surface area contributed by atoms with Crippen LogP contribution < -0.4 is 0 Å². The first kappa shape index (κ1) is 24.5. The molecule has 4 aliphatic rings. The number of aliphatic hydroxyl groups excluding tert-OH is 3. The summed E-state index contributed by atoms with van der Waals surface area (Å²) in [5.41, 5.74) is 1.17. The van der Waals surface area contributed by atoms with Crippen LogP contribution in [0.25, 0.3) is 0 Å². The fourth-order valence-corrected chi connectivity index (χ4v) is 8.80. The highest BCUT2D eigenvalue weighted by atomic mass is 16.3. The predicted octanol–water partition coefficient (Wildman–Crippen LogP) is 5.74. The van der Waals surface area contributed by atoms with Crippen LogP contribution >= 0.6 is 0 Å². The monoisotopic (exact) mass is 444 g/mol. The zero-order valence-corrected chi connectivity index (χ0v) is 21.3. The molecule has 4 rings (SSSR count). The normalized spacial score (nSPS) is 46.1. The van der Waals surface area contributed by atoms with Crippen molar-refractivity contribution in [3.63, 3.8) is 0 Å². The molecule has 11 atom stereocenters. The Kier molecular flexibility index (Phi) is 6.78. The first-order valence-electron chi connectivity index (χ1n) is 13.5. The molecule has 3 N–H and O–H groups in total. The Morgan fingerprint density at radius 3 is 2.44 bits per heavy atom.